The van der Waals surface area contributed by atoms with Crippen molar-refractivity contribution in [1.82, 2.24) is 9.97 Å². The molecule has 0 aromatic carbocycles. The van der Waals surface area contributed by atoms with Gasteiger partial charge in [-0.25, -0.2) is 15.8 Å². The molecule has 0 amide bonds. The second-order valence-corrected chi connectivity index (χ2v) is 5.42. The largest absolute Gasteiger partial charge is 0.369 e. The van der Waals surface area contributed by atoms with E-state index in [2.05, 4.69) is 34.6 Å². The maximum absolute atomic E-state index is 5.47. The molecule has 0 spiro atoms. The SMILES string of the molecule is CCc1c(NN)ncnc1NCC1(C)CCCC1. The minimum atomic E-state index is 0.409. The first-order valence-corrected chi connectivity index (χ1v) is 6.73. The van der Waals surface area contributed by atoms with Crippen molar-refractivity contribution in [2.75, 3.05) is 17.3 Å². The molecule has 5 nitrogen and oxygen atoms in total. The number of nitrogens with one attached hydrogen (secondary N) is 2. The van der Waals surface area contributed by atoms with E-state index in [1.54, 1.807) is 6.33 Å². The molecule has 1 heterocycles. The van der Waals surface area contributed by atoms with E-state index in [1.807, 2.05) is 0 Å². The Kier molecular flexibility index (Phi) is 4.01. The van der Waals surface area contributed by atoms with Crippen LogP contribution in [0.25, 0.3) is 0 Å². The third-order valence-electron chi connectivity index (χ3n) is 3.93. The monoisotopic (exact) mass is 249 g/mol. The van der Waals surface area contributed by atoms with Gasteiger partial charge >= 0.3 is 0 Å². The van der Waals surface area contributed by atoms with Crippen molar-refractivity contribution in [3.05, 3.63) is 11.9 Å². The van der Waals surface area contributed by atoms with Crippen molar-refractivity contribution < 1.29 is 0 Å². The number of aromatic nitrogens is 2. The van der Waals surface area contributed by atoms with Crippen molar-refractivity contribution >= 4 is 11.6 Å². The topological polar surface area (TPSA) is 75.9 Å². The van der Waals surface area contributed by atoms with Gasteiger partial charge in [-0.05, 0) is 24.7 Å². The molecule has 0 saturated heterocycles. The van der Waals surface area contributed by atoms with E-state index in [9.17, 15) is 0 Å². The van der Waals surface area contributed by atoms with E-state index in [4.69, 9.17) is 5.84 Å². The van der Waals surface area contributed by atoms with Crippen LogP contribution < -0.4 is 16.6 Å². The molecule has 1 aromatic heterocycles. The predicted molar refractivity (Wildman–Crippen MR) is 74.3 cm³/mol. The Morgan fingerprint density at radius 2 is 1.94 bits per heavy atom. The van der Waals surface area contributed by atoms with Crippen LogP contribution in [0.4, 0.5) is 11.6 Å². The molecule has 1 aromatic rings. The van der Waals surface area contributed by atoms with E-state index in [0.717, 1.165) is 24.3 Å². The summed E-state index contributed by atoms with van der Waals surface area (Å²) in [5.41, 5.74) is 4.10. The third-order valence-corrected chi connectivity index (χ3v) is 3.93. The van der Waals surface area contributed by atoms with Crippen LogP contribution in [-0.4, -0.2) is 16.5 Å². The van der Waals surface area contributed by atoms with Gasteiger partial charge in [0.2, 0.25) is 0 Å². The first kappa shape index (κ1) is 13.1. The van der Waals surface area contributed by atoms with Crippen LogP contribution in [-0.2, 0) is 6.42 Å². The summed E-state index contributed by atoms with van der Waals surface area (Å²) >= 11 is 0. The van der Waals surface area contributed by atoms with Gasteiger partial charge < -0.3 is 10.7 Å². The van der Waals surface area contributed by atoms with Crippen molar-refractivity contribution in [3.63, 3.8) is 0 Å². The fourth-order valence-corrected chi connectivity index (χ4v) is 2.73. The van der Waals surface area contributed by atoms with Crippen LogP contribution in [0.2, 0.25) is 0 Å². The van der Waals surface area contributed by atoms with Gasteiger partial charge in [-0.3, -0.25) is 0 Å². The molecule has 18 heavy (non-hydrogen) atoms. The number of anilines is 2. The average Bonchev–Trinajstić information content (AvgIpc) is 2.83. The summed E-state index contributed by atoms with van der Waals surface area (Å²) in [7, 11) is 0. The Bertz CT molecular complexity index is 398. The summed E-state index contributed by atoms with van der Waals surface area (Å²) < 4.78 is 0. The second-order valence-electron chi connectivity index (χ2n) is 5.42. The molecule has 0 radical (unpaired) electrons. The molecule has 1 aliphatic carbocycles. The lowest BCUT2D eigenvalue weighted by Gasteiger charge is -2.25. The van der Waals surface area contributed by atoms with Crippen LogP contribution >= 0.6 is 0 Å². The number of rotatable bonds is 5. The van der Waals surface area contributed by atoms with Gasteiger partial charge in [-0.1, -0.05) is 26.7 Å². The first-order chi connectivity index (χ1) is 8.68. The van der Waals surface area contributed by atoms with Gasteiger partial charge in [0.25, 0.3) is 0 Å². The molecule has 100 valence electrons. The molecule has 4 N–H and O–H groups in total. The van der Waals surface area contributed by atoms with Gasteiger partial charge in [-0.15, -0.1) is 0 Å². The summed E-state index contributed by atoms with van der Waals surface area (Å²) in [6.07, 6.45) is 7.70. The summed E-state index contributed by atoms with van der Waals surface area (Å²) in [4.78, 5) is 8.47. The lowest BCUT2D eigenvalue weighted by Crippen LogP contribution is -2.24. The number of nitrogens with zero attached hydrogens (tertiary/aromatic N) is 2. The van der Waals surface area contributed by atoms with Gasteiger partial charge in [0.15, 0.2) is 0 Å². The summed E-state index contributed by atoms with van der Waals surface area (Å²) in [6, 6.07) is 0. The highest BCUT2D eigenvalue weighted by molar-refractivity contribution is 5.56. The maximum atomic E-state index is 5.47. The van der Waals surface area contributed by atoms with Crippen molar-refractivity contribution in [2.45, 2.75) is 46.0 Å². The van der Waals surface area contributed by atoms with Gasteiger partial charge in [0.05, 0.1) is 0 Å². The van der Waals surface area contributed by atoms with E-state index < -0.39 is 0 Å². The Morgan fingerprint density at radius 1 is 1.28 bits per heavy atom. The molecular weight excluding hydrogens is 226 g/mol. The lowest BCUT2D eigenvalue weighted by atomic mass is 9.89. The molecule has 0 atom stereocenters. The second kappa shape index (κ2) is 5.52. The smallest absolute Gasteiger partial charge is 0.148 e. The van der Waals surface area contributed by atoms with Crippen molar-refractivity contribution in [3.8, 4) is 0 Å². The van der Waals surface area contributed by atoms with Crippen LogP contribution in [0.15, 0.2) is 6.33 Å². The first-order valence-electron chi connectivity index (χ1n) is 6.73. The van der Waals surface area contributed by atoms with E-state index >= 15 is 0 Å². The molecule has 1 fully saturated rings. The predicted octanol–water partition coefficient (Wildman–Crippen LogP) is 2.32. The van der Waals surface area contributed by atoms with E-state index in [1.165, 1.54) is 25.7 Å². The molecule has 5 heteroatoms. The van der Waals surface area contributed by atoms with E-state index in [0.29, 0.717) is 11.2 Å². The summed E-state index contributed by atoms with van der Waals surface area (Å²) in [6.45, 7) is 5.41. The minimum absolute atomic E-state index is 0.409. The van der Waals surface area contributed by atoms with Crippen LogP contribution in [0.3, 0.4) is 0 Å². The number of hydrogen-bond donors (Lipinski definition) is 3. The zero-order valence-corrected chi connectivity index (χ0v) is 11.3. The van der Waals surface area contributed by atoms with E-state index in [-0.39, 0.29) is 0 Å². The summed E-state index contributed by atoms with van der Waals surface area (Å²) in [5.74, 6) is 7.10. The van der Waals surface area contributed by atoms with Crippen molar-refractivity contribution in [2.24, 2.45) is 11.3 Å². The Labute approximate surface area is 109 Å². The fourth-order valence-electron chi connectivity index (χ4n) is 2.73. The van der Waals surface area contributed by atoms with Crippen LogP contribution in [0, 0.1) is 5.41 Å². The number of hydrazine groups is 1. The quantitative estimate of drug-likeness (QED) is 0.551. The Balaban J connectivity index is 2.09. The normalized spacial score (nSPS) is 17.7. The molecule has 0 bridgehead atoms. The maximum Gasteiger partial charge on any atom is 0.148 e. The zero-order chi connectivity index (χ0) is 13.0. The highest BCUT2D eigenvalue weighted by Gasteiger charge is 2.28. The van der Waals surface area contributed by atoms with Crippen LogP contribution in [0.5, 0.6) is 0 Å². The van der Waals surface area contributed by atoms with Gasteiger partial charge in [-0.2, -0.15) is 0 Å². The van der Waals surface area contributed by atoms with Gasteiger partial charge in [0, 0.05) is 12.1 Å². The molecule has 1 aliphatic rings. The third kappa shape index (κ3) is 2.72. The molecule has 0 unspecified atom stereocenters. The molecule has 2 rings (SSSR count). The molecule has 1 saturated carbocycles. The van der Waals surface area contributed by atoms with Crippen LogP contribution in [0.1, 0.15) is 45.1 Å². The molecular formula is C13H23N5. The standard InChI is InChI=1S/C13H23N5/c1-3-10-11(16-9-17-12(10)18-14)15-8-13(2)6-4-5-7-13/h9H,3-8,14H2,1-2H3,(H2,15,16,17,18). The van der Waals surface area contributed by atoms with Crippen molar-refractivity contribution in [1.29, 1.82) is 0 Å². The lowest BCUT2D eigenvalue weighted by molar-refractivity contribution is 0.361. The molecule has 0 aliphatic heterocycles. The number of hydrogen-bond acceptors (Lipinski definition) is 5. The highest BCUT2D eigenvalue weighted by Crippen LogP contribution is 2.37. The van der Waals surface area contributed by atoms with Gasteiger partial charge in [0.1, 0.15) is 18.0 Å². The Hall–Kier alpha value is -1.36. The number of nitrogens with two attached hydrogens (primary N) is 1. The fraction of sp³-hybridized carbons (Fsp3) is 0.692. The average molecular weight is 249 g/mol. The minimum Gasteiger partial charge on any atom is -0.369 e. The zero-order valence-electron chi connectivity index (χ0n) is 11.3. The Morgan fingerprint density at radius 3 is 2.56 bits per heavy atom. The number of nitrogen functional groups attached to an aromatic ring is 1. The summed E-state index contributed by atoms with van der Waals surface area (Å²) in [5, 5.41) is 3.47. The highest BCUT2D eigenvalue weighted by atomic mass is 15.3.